The average molecular weight is 350 g/mol. The molecule has 0 saturated heterocycles. The Labute approximate surface area is 146 Å². The van der Waals surface area contributed by atoms with Crippen molar-refractivity contribution in [2.45, 2.75) is 14.7 Å². The van der Waals surface area contributed by atoms with Crippen molar-refractivity contribution in [1.82, 2.24) is 0 Å². The Kier molecular flexibility index (Phi) is 3.90. The van der Waals surface area contributed by atoms with Crippen LogP contribution in [0.15, 0.2) is 115 Å². The average Bonchev–Trinajstić information content (AvgIpc) is 2.68. The fourth-order valence-corrected chi connectivity index (χ4v) is 5.25. The highest BCUT2D eigenvalue weighted by molar-refractivity contribution is 8.29. The Morgan fingerprint density at radius 1 is 0.680 bits per heavy atom. The highest BCUT2D eigenvalue weighted by atomic mass is 32.3. The fourth-order valence-electron chi connectivity index (χ4n) is 2.84. The van der Waals surface area contributed by atoms with E-state index in [9.17, 15) is 4.79 Å². The quantitative estimate of drug-likeness (QED) is 0.427. The van der Waals surface area contributed by atoms with Crippen molar-refractivity contribution in [2.75, 3.05) is 0 Å². The van der Waals surface area contributed by atoms with Gasteiger partial charge in [-0.1, -0.05) is 42.5 Å². The predicted molar refractivity (Wildman–Crippen MR) is 98.9 cm³/mol. The molecular formula is C21H15FO2S. The van der Waals surface area contributed by atoms with Gasteiger partial charge in [0, 0.05) is 26.1 Å². The van der Waals surface area contributed by atoms with Crippen molar-refractivity contribution in [3.05, 3.63) is 101 Å². The van der Waals surface area contributed by atoms with Gasteiger partial charge < -0.3 is 4.42 Å². The highest BCUT2D eigenvalue weighted by Crippen LogP contribution is 2.69. The molecule has 0 N–H and O–H groups in total. The van der Waals surface area contributed by atoms with Crippen LogP contribution in [0.3, 0.4) is 0 Å². The third-order valence-electron chi connectivity index (χ3n) is 4.06. The molecule has 0 amide bonds. The maximum Gasteiger partial charge on any atom is 0.336 e. The lowest BCUT2D eigenvalue weighted by Gasteiger charge is -2.32. The van der Waals surface area contributed by atoms with Crippen LogP contribution in [0.25, 0.3) is 11.0 Å². The minimum atomic E-state index is -2.94. The first-order chi connectivity index (χ1) is 12.2. The summed E-state index contributed by atoms with van der Waals surface area (Å²) in [6.07, 6.45) is 0. The van der Waals surface area contributed by atoms with Gasteiger partial charge in [-0.05, 0) is 52.9 Å². The van der Waals surface area contributed by atoms with Gasteiger partial charge in [0.25, 0.3) is 0 Å². The number of rotatable bonds is 3. The number of fused-ring (bicyclic) bond motifs is 1. The van der Waals surface area contributed by atoms with Crippen molar-refractivity contribution in [3.63, 3.8) is 0 Å². The van der Waals surface area contributed by atoms with Gasteiger partial charge in [0.05, 0.1) is 0 Å². The summed E-state index contributed by atoms with van der Waals surface area (Å²) in [6, 6.07) is 26.5. The Hall–Kier alpha value is -2.85. The number of halogens is 1. The lowest BCUT2D eigenvalue weighted by atomic mass is 10.2. The third-order valence-corrected chi connectivity index (χ3v) is 6.80. The van der Waals surface area contributed by atoms with E-state index in [0.717, 1.165) is 5.39 Å². The molecule has 0 radical (unpaired) electrons. The maximum absolute atomic E-state index is 16.6. The van der Waals surface area contributed by atoms with Gasteiger partial charge in [-0.25, -0.2) is 4.79 Å². The summed E-state index contributed by atoms with van der Waals surface area (Å²) >= 11 is 0. The largest absolute Gasteiger partial charge is 0.423 e. The molecule has 1 heterocycles. The van der Waals surface area contributed by atoms with E-state index in [0.29, 0.717) is 20.3 Å². The van der Waals surface area contributed by atoms with E-state index in [1.165, 1.54) is 6.07 Å². The zero-order valence-electron chi connectivity index (χ0n) is 13.3. The molecule has 1 aromatic heterocycles. The molecule has 0 aliphatic carbocycles. The molecule has 0 saturated carbocycles. The second-order valence-electron chi connectivity index (χ2n) is 5.62. The summed E-state index contributed by atoms with van der Waals surface area (Å²) in [6.45, 7) is 0. The van der Waals surface area contributed by atoms with Crippen LogP contribution in [0.4, 0.5) is 3.89 Å². The third kappa shape index (κ3) is 2.75. The summed E-state index contributed by atoms with van der Waals surface area (Å²) in [7, 11) is -2.94. The topological polar surface area (TPSA) is 30.2 Å². The van der Waals surface area contributed by atoms with E-state index in [-0.39, 0.29) is 0 Å². The second-order valence-corrected chi connectivity index (χ2v) is 8.11. The molecule has 2 nitrogen and oxygen atoms in total. The molecule has 124 valence electrons. The minimum Gasteiger partial charge on any atom is -0.423 e. The van der Waals surface area contributed by atoms with Crippen LogP contribution >= 0.6 is 10.4 Å². The van der Waals surface area contributed by atoms with Crippen molar-refractivity contribution in [2.24, 2.45) is 0 Å². The zero-order chi connectivity index (χ0) is 17.3. The molecule has 0 atom stereocenters. The van der Waals surface area contributed by atoms with E-state index < -0.39 is 16.0 Å². The smallest absolute Gasteiger partial charge is 0.336 e. The Bertz CT molecular complexity index is 1040. The first-order valence-electron chi connectivity index (χ1n) is 7.85. The molecule has 4 aromatic rings. The second kappa shape index (κ2) is 6.22. The number of hydrogen-bond acceptors (Lipinski definition) is 2. The monoisotopic (exact) mass is 350 g/mol. The molecule has 0 bridgehead atoms. The molecule has 0 spiro atoms. The van der Waals surface area contributed by atoms with Gasteiger partial charge in [-0.3, -0.25) is 0 Å². The maximum atomic E-state index is 16.6. The van der Waals surface area contributed by atoms with Crippen molar-refractivity contribution in [3.8, 4) is 0 Å². The zero-order valence-corrected chi connectivity index (χ0v) is 14.1. The molecule has 4 rings (SSSR count). The molecule has 25 heavy (non-hydrogen) atoms. The van der Waals surface area contributed by atoms with Crippen LogP contribution in [0, 0.1) is 0 Å². The van der Waals surface area contributed by atoms with Crippen LogP contribution in [0.5, 0.6) is 0 Å². The number of benzene rings is 3. The summed E-state index contributed by atoms with van der Waals surface area (Å²) < 4.78 is 21.8. The van der Waals surface area contributed by atoms with E-state index >= 15 is 3.89 Å². The minimum absolute atomic E-state index is 0.395. The van der Waals surface area contributed by atoms with Crippen LogP contribution in [-0.4, -0.2) is 0 Å². The van der Waals surface area contributed by atoms with Gasteiger partial charge in [-0.2, -0.15) is 3.89 Å². The Morgan fingerprint density at radius 3 is 1.84 bits per heavy atom. The van der Waals surface area contributed by atoms with Crippen LogP contribution in [0.1, 0.15) is 0 Å². The van der Waals surface area contributed by atoms with Crippen molar-refractivity contribution in [1.29, 1.82) is 0 Å². The number of hydrogen-bond donors (Lipinski definition) is 0. The first-order valence-corrected chi connectivity index (χ1v) is 9.38. The molecule has 0 unspecified atom stereocenters. The van der Waals surface area contributed by atoms with Gasteiger partial charge in [-0.15, -0.1) is 0 Å². The van der Waals surface area contributed by atoms with Gasteiger partial charge in [0.2, 0.25) is 0 Å². The standard InChI is InChI=1S/C21H15FO2S/c22-25(17-7-3-1-4-8-17,18-9-5-2-6-10-18)19-13-11-16-12-14-21(23)24-20(16)15-19/h1-15H. The highest BCUT2D eigenvalue weighted by Gasteiger charge is 2.31. The van der Waals surface area contributed by atoms with Crippen LogP contribution in [0.2, 0.25) is 0 Å². The molecule has 0 aliphatic rings. The molecule has 3 aromatic carbocycles. The summed E-state index contributed by atoms with van der Waals surface area (Å²) in [5.41, 5.74) is -0.0464. The molecular weight excluding hydrogens is 335 g/mol. The summed E-state index contributed by atoms with van der Waals surface area (Å²) in [4.78, 5) is 13.3. The van der Waals surface area contributed by atoms with E-state index in [2.05, 4.69) is 0 Å². The summed E-state index contributed by atoms with van der Waals surface area (Å²) in [5, 5.41) is 0.770. The summed E-state index contributed by atoms with van der Waals surface area (Å²) in [5.74, 6) is 0. The molecule has 0 aliphatic heterocycles. The van der Waals surface area contributed by atoms with Crippen LogP contribution in [-0.2, 0) is 0 Å². The predicted octanol–water partition coefficient (Wildman–Crippen LogP) is 5.96. The van der Waals surface area contributed by atoms with Gasteiger partial charge >= 0.3 is 5.63 Å². The van der Waals surface area contributed by atoms with Gasteiger partial charge in [0.15, 0.2) is 0 Å². The van der Waals surface area contributed by atoms with E-state index in [1.54, 1.807) is 48.5 Å². The normalized spacial score (nSPS) is 12.2. The Morgan fingerprint density at radius 2 is 1.24 bits per heavy atom. The lowest BCUT2D eigenvalue weighted by Crippen LogP contribution is -1.99. The van der Waals surface area contributed by atoms with Crippen LogP contribution < -0.4 is 5.63 Å². The SMILES string of the molecule is O=c1ccc2ccc(S(F)(c3ccccc3)c3ccccc3)cc2o1. The van der Waals surface area contributed by atoms with E-state index in [4.69, 9.17) is 4.42 Å². The molecule has 4 heteroatoms. The molecule has 0 fully saturated rings. The van der Waals surface area contributed by atoms with E-state index in [1.807, 2.05) is 36.4 Å². The fraction of sp³-hybridized carbons (Fsp3) is 0. The first kappa shape index (κ1) is 15.7. The Balaban J connectivity index is 2.00. The van der Waals surface area contributed by atoms with Gasteiger partial charge in [0.1, 0.15) is 5.58 Å². The lowest BCUT2D eigenvalue weighted by molar-refractivity contribution is 0.560. The van der Waals surface area contributed by atoms with Crippen molar-refractivity contribution >= 4 is 21.4 Å². The van der Waals surface area contributed by atoms with Crippen molar-refractivity contribution < 1.29 is 8.30 Å².